The van der Waals surface area contributed by atoms with E-state index in [4.69, 9.17) is 4.52 Å². The normalized spacial score (nSPS) is 32.5. The highest BCUT2D eigenvalue weighted by atomic mass is 16.5. The lowest BCUT2D eigenvalue weighted by Gasteiger charge is -2.20. The molecule has 15 heavy (non-hydrogen) atoms. The third-order valence-electron chi connectivity index (χ3n) is 3.41. The zero-order valence-electron chi connectivity index (χ0n) is 9.07. The van der Waals surface area contributed by atoms with E-state index < -0.39 is 0 Å². The summed E-state index contributed by atoms with van der Waals surface area (Å²) in [7, 11) is 0. The Morgan fingerprint density at radius 1 is 1.60 bits per heavy atom. The summed E-state index contributed by atoms with van der Waals surface area (Å²) in [6, 6.07) is 2.00. The number of hydrogen-bond acceptors (Lipinski definition) is 3. The van der Waals surface area contributed by atoms with Gasteiger partial charge in [0.05, 0.1) is 5.69 Å². The highest BCUT2D eigenvalue weighted by Crippen LogP contribution is 2.32. The maximum absolute atomic E-state index is 5.23. The van der Waals surface area contributed by atoms with Gasteiger partial charge in [0.2, 0.25) is 0 Å². The van der Waals surface area contributed by atoms with Crippen molar-refractivity contribution in [1.29, 1.82) is 0 Å². The zero-order chi connectivity index (χ0) is 10.3. The first-order valence-electron chi connectivity index (χ1n) is 5.67. The van der Waals surface area contributed by atoms with Gasteiger partial charge in [-0.2, -0.15) is 0 Å². The average molecular weight is 204 g/mol. The summed E-state index contributed by atoms with van der Waals surface area (Å²) >= 11 is 0. The Bertz CT molecular complexity index is 394. The molecule has 0 saturated carbocycles. The van der Waals surface area contributed by atoms with Gasteiger partial charge in [0.15, 0.2) is 5.76 Å². The van der Waals surface area contributed by atoms with Crippen LogP contribution in [0.3, 0.4) is 0 Å². The third-order valence-corrected chi connectivity index (χ3v) is 3.41. The average Bonchev–Trinajstić information content (AvgIpc) is 2.74. The van der Waals surface area contributed by atoms with E-state index in [9.17, 15) is 0 Å². The molecule has 2 aliphatic rings. The standard InChI is InChI=1S/C12H16N2O/c1-9-5-12(15-13-9)6-11-8-14-4-2-3-10(11)7-14/h5-6,10H,2-4,7-8H2,1H3/b11-6+. The molecule has 3 nitrogen and oxygen atoms in total. The lowest BCUT2D eigenvalue weighted by molar-refractivity contribution is 0.270. The van der Waals surface area contributed by atoms with Crippen LogP contribution in [0.1, 0.15) is 24.3 Å². The van der Waals surface area contributed by atoms with E-state index in [1.54, 1.807) is 0 Å². The minimum atomic E-state index is 0.768. The Kier molecular flexibility index (Phi) is 2.13. The van der Waals surface area contributed by atoms with Gasteiger partial charge in [0, 0.05) is 19.2 Å². The van der Waals surface area contributed by atoms with Gasteiger partial charge in [-0.15, -0.1) is 0 Å². The van der Waals surface area contributed by atoms with Gasteiger partial charge >= 0.3 is 0 Å². The van der Waals surface area contributed by atoms with Crippen molar-refractivity contribution < 1.29 is 4.52 Å². The fraction of sp³-hybridized carbons (Fsp3) is 0.583. The summed E-state index contributed by atoms with van der Waals surface area (Å²) in [4.78, 5) is 2.53. The molecule has 0 aromatic carbocycles. The molecule has 0 N–H and O–H groups in total. The zero-order valence-corrected chi connectivity index (χ0v) is 9.07. The second-order valence-electron chi connectivity index (χ2n) is 4.66. The Balaban J connectivity index is 1.85. The first kappa shape index (κ1) is 9.16. The summed E-state index contributed by atoms with van der Waals surface area (Å²) in [6.07, 6.45) is 4.88. The minimum absolute atomic E-state index is 0.768. The van der Waals surface area contributed by atoms with E-state index >= 15 is 0 Å². The maximum Gasteiger partial charge on any atom is 0.159 e. The van der Waals surface area contributed by atoms with Crippen LogP contribution in [0, 0.1) is 12.8 Å². The first-order valence-corrected chi connectivity index (χ1v) is 5.67. The molecule has 1 aromatic rings. The van der Waals surface area contributed by atoms with Gasteiger partial charge < -0.3 is 4.52 Å². The van der Waals surface area contributed by atoms with Gasteiger partial charge in [-0.1, -0.05) is 5.16 Å². The van der Waals surface area contributed by atoms with Gasteiger partial charge in [0.25, 0.3) is 0 Å². The van der Waals surface area contributed by atoms with Crippen LogP contribution in [0.25, 0.3) is 6.08 Å². The second-order valence-corrected chi connectivity index (χ2v) is 4.66. The van der Waals surface area contributed by atoms with Gasteiger partial charge in [-0.05, 0) is 43.9 Å². The molecule has 2 atom stereocenters. The van der Waals surface area contributed by atoms with Gasteiger partial charge in [0.1, 0.15) is 0 Å². The molecule has 80 valence electrons. The molecular formula is C12H16N2O. The topological polar surface area (TPSA) is 29.3 Å². The molecule has 2 aliphatic heterocycles. The highest BCUT2D eigenvalue weighted by molar-refractivity contribution is 5.50. The maximum atomic E-state index is 5.23. The third kappa shape index (κ3) is 1.72. The number of piperidine rings is 1. The Labute approximate surface area is 89.7 Å². The summed E-state index contributed by atoms with van der Waals surface area (Å²) in [5, 5.41) is 3.91. The quantitative estimate of drug-likeness (QED) is 0.701. The monoisotopic (exact) mass is 204 g/mol. The number of aryl methyl sites for hydroxylation is 1. The number of rotatable bonds is 1. The van der Waals surface area contributed by atoms with E-state index in [-0.39, 0.29) is 0 Å². The van der Waals surface area contributed by atoms with Crippen LogP contribution in [-0.2, 0) is 0 Å². The summed E-state index contributed by atoms with van der Waals surface area (Å²) in [5.41, 5.74) is 2.49. The molecular weight excluding hydrogens is 188 g/mol. The van der Waals surface area contributed by atoms with Crippen molar-refractivity contribution in [3.05, 3.63) is 23.1 Å². The molecule has 2 saturated heterocycles. The number of hydrogen-bond donors (Lipinski definition) is 0. The van der Waals surface area contributed by atoms with Crippen molar-refractivity contribution >= 4 is 6.08 Å². The first-order chi connectivity index (χ1) is 7.31. The van der Waals surface area contributed by atoms with Gasteiger partial charge in [-0.3, -0.25) is 4.90 Å². The molecule has 2 unspecified atom stereocenters. The van der Waals surface area contributed by atoms with Crippen molar-refractivity contribution in [2.24, 2.45) is 5.92 Å². The summed E-state index contributed by atoms with van der Waals surface area (Å²) < 4.78 is 5.23. The second kappa shape index (κ2) is 3.49. The summed E-state index contributed by atoms with van der Waals surface area (Å²) in [5.74, 6) is 1.68. The predicted octanol–water partition coefficient (Wildman–Crippen LogP) is 2.09. The molecule has 0 amide bonds. The number of aromatic nitrogens is 1. The van der Waals surface area contributed by atoms with E-state index in [0.29, 0.717) is 0 Å². The smallest absolute Gasteiger partial charge is 0.159 e. The van der Waals surface area contributed by atoms with E-state index in [2.05, 4.69) is 16.1 Å². The lowest BCUT2D eigenvalue weighted by atomic mass is 9.96. The molecule has 3 rings (SSSR count). The van der Waals surface area contributed by atoms with Crippen LogP contribution in [0.4, 0.5) is 0 Å². The number of nitrogens with zero attached hydrogens (tertiary/aromatic N) is 2. The Hall–Kier alpha value is -1.09. The van der Waals surface area contributed by atoms with Crippen LogP contribution in [-0.4, -0.2) is 29.7 Å². The molecule has 0 radical (unpaired) electrons. The van der Waals surface area contributed by atoms with Crippen LogP contribution in [0.2, 0.25) is 0 Å². The van der Waals surface area contributed by atoms with Crippen molar-refractivity contribution in [3.8, 4) is 0 Å². The van der Waals surface area contributed by atoms with Crippen molar-refractivity contribution in [2.75, 3.05) is 19.6 Å². The predicted molar refractivity (Wildman–Crippen MR) is 58.4 cm³/mol. The SMILES string of the molecule is Cc1cc(/C=C2\CN3CCCC2C3)on1. The van der Waals surface area contributed by atoms with Crippen molar-refractivity contribution in [2.45, 2.75) is 19.8 Å². The minimum Gasteiger partial charge on any atom is -0.357 e. The van der Waals surface area contributed by atoms with E-state index in [1.807, 2.05) is 13.0 Å². The fourth-order valence-corrected chi connectivity index (χ4v) is 2.69. The largest absolute Gasteiger partial charge is 0.357 e. The van der Waals surface area contributed by atoms with E-state index in [1.165, 1.54) is 31.5 Å². The Morgan fingerprint density at radius 2 is 2.53 bits per heavy atom. The molecule has 2 fully saturated rings. The van der Waals surface area contributed by atoms with Crippen molar-refractivity contribution in [1.82, 2.24) is 10.1 Å². The van der Waals surface area contributed by atoms with Crippen molar-refractivity contribution in [3.63, 3.8) is 0 Å². The highest BCUT2D eigenvalue weighted by Gasteiger charge is 2.30. The molecule has 2 bridgehead atoms. The number of fused-ring (bicyclic) bond motifs is 2. The Morgan fingerprint density at radius 3 is 3.27 bits per heavy atom. The van der Waals surface area contributed by atoms with Crippen LogP contribution in [0.15, 0.2) is 16.2 Å². The van der Waals surface area contributed by atoms with Crippen LogP contribution in [0.5, 0.6) is 0 Å². The lowest BCUT2D eigenvalue weighted by Crippen LogP contribution is -2.25. The van der Waals surface area contributed by atoms with Crippen LogP contribution >= 0.6 is 0 Å². The van der Waals surface area contributed by atoms with Crippen LogP contribution < -0.4 is 0 Å². The molecule has 0 spiro atoms. The molecule has 3 heteroatoms. The van der Waals surface area contributed by atoms with Gasteiger partial charge in [-0.25, -0.2) is 0 Å². The molecule has 0 aliphatic carbocycles. The molecule has 1 aromatic heterocycles. The van der Waals surface area contributed by atoms with E-state index in [0.717, 1.165) is 23.9 Å². The fourth-order valence-electron chi connectivity index (χ4n) is 2.69. The molecule has 3 heterocycles. The summed E-state index contributed by atoms with van der Waals surface area (Å²) in [6.45, 7) is 5.61.